The van der Waals surface area contributed by atoms with Crippen molar-refractivity contribution in [3.8, 4) is 0 Å². The molecule has 1 saturated heterocycles. The Morgan fingerprint density at radius 1 is 1.09 bits per heavy atom. The van der Waals surface area contributed by atoms with Crippen molar-refractivity contribution in [3.63, 3.8) is 0 Å². The molecule has 6 heteroatoms. The van der Waals surface area contributed by atoms with Gasteiger partial charge in [-0.05, 0) is 56.2 Å². The zero-order chi connectivity index (χ0) is 22.5. The second kappa shape index (κ2) is 10.2. The van der Waals surface area contributed by atoms with E-state index in [2.05, 4.69) is 39.8 Å². The largest absolute Gasteiger partial charge is 0.474 e. The Kier molecular flexibility index (Phi) is 6.70. The molecule has 1 saturated carbocycles. The van der Waals surface area contributed by atoms with Crippen molar-refractivity contribution in [1.82, 2.24) is 10.3 Å². The molecule has 2 atom stereocenters. The number of ether oxygens (including phenoxy) is 1. The molecule has 4 aliphatic rings. The fourth-order valence-corrected chi connectivity index (χ4v) is 5.14. The SMILES string of the molecule is O=C(/C=C/C1=NNC2C=CC=NC(OC3CCCCC3)=C12)N1CCC[C@H](c2ccccc2)C1. The second-order valence-electron chi connectivity index (χ2n) is 9.23. The first-order chi connectivity index (χ1) is 16.3. The van der Waals surface area contributed by atoms with E-state index in [-0.39, 0.29) is 18.1 Å². The van der Waals surface area contributed by atoms with E-state index >= 15 is 0 Å². The van der Waals surface area contributed by atoms with Crippen LogP contribution in [0.1, 0.15) is 56.4 Å². The van der Waals surface area contributed by atoms with Crippen molar-refractivity contribution < 1.29 is 9.53 Å². The van der Waals surface area contributed by atoms with Crippen molar-refractivity contribution in [2.24, 2.45) is 10.1 Å². The first kappa shape index (κ1) is 21.7. The predicted octanol–water partition coefficient (Wildman–Crippen LogP) is 4.48. The first-order valence-electron chi connectivity index (χ1n) is 12.2. The van der Waals surface area contributed by atoms with Crippen LogP contribution in [0.15, 0.2) is 76.2 Å². The lowest BCUT2D eigenvalue weighted by Gasteiger charge is -2.32. The average Bonchev–Trinajstić information content (AvgIpc) is 3.17. The maximum atomic E-state index is 13.0. The van der Waals surface area contributed by atoms with Crippen LogP contribution in [0.4, 0.5) is 0 Å². The summed E-state index contributed by atoms with van der Waals surface area (Å²) in [6, 6.07) is 10.4. The lowest BCUT2D eigenvalue weighted by atomic mass is 9.90. The molecule has 0 bridgehead atoms. The zero-order valence-electron chi connectivity index (χ0n) is 19.0. The number of allylic oxidation sites excluding steroid dienone is 2. The van der Waals surface area contributed by atoms with Gasteiger partial charge in [-0.15, -0.1) is 0 Å². The number of carbonyl (C=O) groups excluding carboxylic acids is 1. The molecular formula is C27H32N4O2. The number of amides is 1. The van der Waals surface area contributed by atoms with Crippen LogP contribution in [0.2, 0.25) is 0 Å². The summed E-state index contributed by atoms with van der Waals surface area (Å²) in [5.74, 6) is 1.05. The summed E-state index contributed by atoms with van der Waals surface area (Å²) in [5, 5.41) is 4.49. The van der Waals surface area contributed by atoms with E-state index in [0.29, 0.717) is 11.8 Å². The summed E-state index contributed by atoms with van der Waals surface area (Å²) in [5.41, 5.74) is 6.10. The lowest BCUT2D eigenvalue weighted by Crippen LogP contribution is -2.38. The summed E-state index contributed by atoms with van der Waals surface area (Å²) >= 11 is 0. The van der Waals surface area contributed by atoms with E-state index in [0.717, 1.165) is 50.1 Å². The van der Waals surface area contributed by atoms with Crippen LogP contribution in [0.25, 0.3) is 0 Å². The van der Waals surface area contributed by atoms with E-state index in [1.807, 2.05) is 29.2 Å². The van der Waals surface area contributed by atoms with E-state index in [1.54, 1.807) is 12.3 Å². The number of hydrazone groups is 1. The summed E-state index contributed by atoms with van der Waals surface area (Å²) in [6.07, 6.45) is 17.3. The number of benzene rings is 1. The fourth-order valence-electron chi connectivity index (χ4n) is 5.14. The molecule has 3 aliphatic heterocycles. The molecule has 5 rings (SSSR count). The van der Waals surface area contributed by atoms with Gasteiger partial charge >= 0.3 is 0 Å². The third-order valence-electron chi connectivity index (χ3n) is 6.94. The van der Waals surface area contributed by atoms with Crippen LogP contribution in [0.5, 0.6) is 0 Å². The maximum absolute atomic E-state index is 13.0. The number of hydrogen-bond donors (Lipinski definition) is 1. The third kappa shape index (κ3) is 5.10. The van der Waals surface area contributed by atoms with Crippen molar-refractivity contribution in [2.45, 2.75) is 63.0 Å². The fraction of sp³-hybridized carbons (Fsp3) is 0.444. The lowest BCUT2D eigenvalue weighted by molar-refractivity contribution is -0.127. The van der Waals surface area contributed by atoms with Gasteiger partial charge in [-0.1, -0.05) is 42.8 Å². The van der Waals surface area contributed by atoms with Crippen LogP contribution in [0, 0.1) is 0 Å². The van der Waals surface area contributed by atoms with E-state index < -0.39 is 0 Å². The number of piperidine rings is 1. The molecule has 1 aromatic rings. The minimum absolute atomic E-state index is 0.0322. The highest BCUT2D eigenvalue weighted by molar-refractivity contribution is 6.13. The number of carbonyl (C=O) groups is 1. The molecule has 2 fully saturated rings. The third-order valence-corrected chi connectivity index (χ3v) is 6.94. The van der Waals surface area contributed by atoms with Gasteiger partial charge in [0.2, 0.25) is 11.8 Å². The van der Waals surface area contributed by atoms with Crippen LogP contribution in [-0.4, -0.2) is 48.0 Å². The molecule has 0 aromatic heterocycles. The minimum Gasteiger partial charge on any atom is -0.474 e. The molecule has 33 heavy (non-hydrogen) atoms. The van der Waals surface area contributed by atoms with Crippen LogP contribution in [0.3, 0.4) is 0 Å². The molecule has 1 N–H and O–H groups in total. The highest BCUT2D eigenvalue weighted by Crippen LogP contribution is 2.29. The number of nitrogens with zero attached hydrogens (tertiary/aromatic N) is 3. The Hall–Kier alpha value is -3.15. The van der Waals surface area contributed by atoms with Gasteiger partial charge in [0.1, 0.15) is 6.10 Å². The topological polar surface area (TPSA) is 66.3 Å². The monoisotopic (exact) mass is 444 g/mol. The number of nitrogens with one attached hydrogen (secondary N) is 1. The molecule has 6 nitrogen and oxygen atoms in total. The smallest absolute Gasteiger partial charge is 0.246 e. The molecule has 1 amide bonds. The van der Waals surface area contributed by atoms with E-state index in [4.69, 9.17) is 4.74 Å². The van der Waals surface area contributed by atoms with Crippen molar-refractivity contribution in [1.29, 1.82) is 0 Å². The summed E-state index contributed by atoms with van der Waals surface area (Å²) in [7, 11) is 0. The molecule has 0 radical (unpaired) electrons. The van der Waals surface area contributed by atoms with Gasteiger partial charge in [-0.3, -0.25) is 10.2 Å². The van der Waals surface area contributed by atoms with Crippen molar-refractivity contribution >= 4 is 17.8 Å². The normalized spacial score (nSPS) is 25.6. The summed E-state index contributed by atoms with van der Waals surface area (Å²) in [4.78, 5) is 19.6. The van der Waals surface area contributed by atoms with Crippen molar-refractivity contribution in [2.75, 3.05) is 13.1 Å². The zero-order valence-corrected chi connectivity index (χ0v) is 19.0. The Morgan fingerprint density at radius 3 is 2.79 bits per heavy atom. The Bertz CT molecular complexity index is 1000. The molecule has 3 heterocycles. The van der Waals surface area contributed by atoms with Crippen LogP contribution >= 0.6 is 0 Å². The minimum atomic E-state index is -0.0849. The first-order valence-corrected chi connectivity index (χ1v) is 12.2. The molecule has 172 valence electrons. The Morgan fingerprint density at radius 2 is 1.94 bits per heavy atom. The number of hydrogen-bond acceptors (Lipinski definition) is 5. The highest BCUT2D eigenvalue weighted by Gasteiger charge is 2.30. The number of aliphatic imine (C=N–C) groups is 1. The standard InChI is InChI=1S/C27H32N4O2/c32-25(31-18-8-11-21(19-31)20-9-3-1-4-10-20)16-15-24-26-23(29-30-24)14-7-17-28-27(26)33-22-12-5-2-6-13-22/h1,3-4,7,9-10,14-17,21-23,29H,2,5-6,8,11-13,18-19H2/b16-15+/t21-,23?/m0/s1. The maximum Gasteiger partial charge on any atom is 0.246 e. The second-order valence-corrected chi connectivity index (χ2v) is 9.23. The number of rotatable bonds is 5. The van der Waals surface area contributed by atoms with E-state index in [9.17, 15) is 4.79 Å². The van der Waals surface area contributed by atoms with Gasteiger partial charge in [0, 0.05) is 31.3 Å². The van der Waals surface area contributed by atoms with Gasteiger partial charge in [0.25, 0.3) is 0 Å². The van der Waals surface area contributed by atoms with Gasteiger partial charge in [0.05, 0.1) is 17.3 Å². The summed E-state index contributed by atoms with van der Waals surface area (Å²) in [6.45, 7) is 1.55. The number of likely N-dealkylation sites (tertiary alicyclic amines) is 1. The van der Waals surface area contributed by atoms with Gasteiger partial charge in [0.15, 0.2) is 0 Å². The molecule has 1 unspecified atom stereocenters. The predicted molar refractivity (Wildman–Crippen MR) is 131 cm³/mol. The Balaban J connectivity index is 1.29. The van der Waals surface area contributed by atoms with Crippen molar-refractivity contribution in [3.05, 3.63) is 71.7 Å². The molecular weight excluding hydrogens is 412 g/mol. The van der Waals surface area contributed by atoms with Gasteiger partial charge in [-0.25, -0.2) is 4.99 Å². The molecule has 1 aromatic carbocycles. The quantitative estimate of drug-likeness (QED) is 0.681. The van der Waals surface area contributed by atoms with Crippen LogP contribution < -0.4 is 5.43 Å². The Labute approximate surface area is 195 Å². The molecule has 1 aliphatic carbocycles. The number of fused-ring (bicyclic) bond motifs is 1. The summed E-state index contributed by atoms with van der Waals surface area (Å²) < 4.78 is 6.33. The van der Waals surface area contributed by atoms with E-state index in [1.165, 1.54) is 24.8 Å². The van der Waals surface area contributed by atoms with Crippen LogP contribution in [-0.2, 0) is 9.53 Å². The van der Waals surface area contributed by atoms with Gasteiger partial charge in [-0.2, -0.15) is 5.10 Å². The average molecular weight is 445 g/mol. The molecule has 0 spiro atoms. The highest BCUT2D eigenvalue weighted by atomic mass is 16.5. The van der Waals surface area contributed by atoms with Gasteiger partial charge < -0.3 is 9.64 Å².